The average Bonchev–Trinajstić information content (AvgIpc) is 3.07. The lowest BCUT2D eigenvalue weighted by atomic mass is 10.2. The zero-order chi connectivity index (χ0) is 15.5. The van der Waals surface area contributed by atoms with Gasteiger partial charge < -0.3 is 9.88 Å². The second-order valence-corrected chi connectivity index (χ2v) is 7.60. The van der Waals surface area contributed by atoms with Crippen LogP contribution in [0.3, 0.4) is 0 Å². The van der Waals surface area contributed by atoms with E-state index in [0.29, 0.717) is 11.4 Å². The Labute approximate surface area is 130 Å². The summed E-state index contributed by atoms with van der Waals surface area (Å²) in [4.78, 5) is 1.35. The molecule has 0 saturated heterocycles. The third-order valence-corrected chi connectivity index (χ3v) is 5.77. The molecule has 7 heteroatoms. The number of hydrogen-bond acceptors (Lipinski definition) is 4. The van der Waals surface area contributed by atoms with Crippen LogP contribution >= 0.6 is 11.3 Å². The summed E-state index contributed by atoms with van der Waals surface area (Å²) < 4.78 is 29.7. The Morgan fingerprint density at radius 3 is 2.76 bits per heavy atom. The van der Waals surface area contributed by atoms with Crippen molar-refractivity contribution in [3.05, 3.63) is 40.3 Å². The highest BCUT2D eigenvalue weighted by molar-refractivity contribution is 7.89. The van der Waals surface area contributed by atoms with Gasteiger partial charge in [0.05, 0.1) is 10.9 Å². The zero-order valence-electron chi connectivity index (χ0n) is 12.5. The van der Waals surface area contributed by atoms with Crippen molar-refractivity contribution in [3.8, 4) is 0 Å². The Kier molecular flexibility index (Phi) is 5.21. The fraction of sp³-hybridized carbons (Fsp3) is 0.429. The highest BCUT2D eigenvalue weighted by atomic mass is 32.2. The molecule has 5 nitrogen and oxygen atoms in total. The van der Waals surface area contributed by atoms with Crippen LogP contribution in [0.1, 0.15) is 30.0 Å². The van der Waals surface area contributed by atoms with Gasteiger partial charge in [0.15, 0.2) is 0 Å². The molecule has 1 atom stereocenters. The summed E-state index contributed by atoms with van der Waals surface area (Å²) >= 11 is 1.57. The summed E-state index contributed by atoms with van der Waals surface area (Å²) in [6.07, 6.45) is 2.37. The van der Waals surface area contributed by atoms with Crippen LogP contribution in [-0.4, -0.2) is 20.0 Å². The van der Waals surface area contributed by atoms with Crippen molar-refractivity contribution in [2.24, 2.45) is 7.05 Å². The molecule has 0 aliphatic rings. The van der Waals surface area contributed by atoms with Crippen LogP contribution in [0.25, 0.3) is 0 Å². The minimum atomic E-state index is -3.51. The molecule has 0 spiro atoms. The van der Waals surface area contributed by atoms with Crippen molar-refractivity contribution < 1.29 is 8.42 Å². The summed E-state index contributed by atoms with van der Waals surface area (Å²) in [7, 11) is 0.177. The van der Waals surface area contributed by atoms with Gasteiger partial charge in [0.2, 0.25) is 10.0 Å². The standard InChI is InChI=1S/C14H21N3O2S2/c1-4-13(14-6-5-7-20-14)16-21(18,19)12-8-11(9-15-2)17(3)10-12/h5-8,10,13,15-16H,4,9H2,1-3H3. The normalized spacial score (nSPS) is 13.5. The van der Waals surface area contributed by atoms with E-state index in [9.17, 15) is 8.42 Å². The van der Waals surface area contributed by atoms with Crippen molar-refractivity contribution in [1.82, 2.24) is 14.6 Å². The predicted octanol–water partition coefficient (Wildman–Crippen LogP) is 2.24. The molecule has 116 valence electrons. The minimum Gasteiger partial charge on any atom is -0.352 e. The highest BCUT2D eigenvalue weighted by Crippen LogP contribution is 2.24. The number of hydrogen-bond donors (Lipinski definition) is 2. The number of sulfonamides is 1. The quantitative estimate of drug-likeness (QED) is 0.820. The fourth-order valence-corrected chi connectivity index (χ4v) is 4.50. The minimum absolute atomic E-state index is 0.178. The Hall–Kier alpha value is -1.15. The zero-order valence-corrected chi connectivity index (χ0v) is 14.1. The molecular weight excluding hydrogens is 306 g/mol. The summed E-state index contributed by atoms with van der Waals surface area (Å²) in [5, 5.41) is 4.99. The van der Waals surface area contributed by atoms with Crippen LogP contribution in [0.4, 0.5) is 0 Å². The van der Waals surface area contributed by atoms with Gasteiger partial charge in [-0.3, -0.25) is 0 Å². The van der Waals surface area contributed by atoms with Crippen molar-refractivity contribution in [2.75, 3.05) is 7.05 Å². The van der Waals surface area contributed by atoms with Crippen LogP contribution in [0, 0.1) is 0 Å². The summed E-state index contributed by atoms with van der Waals surface area (Å²) in [5.41, 5.74) is 0.932. The first-order valence-corrected chi connectivity index (χ1v) is 9.19. The van der Waals surface area contributed by atoms with Gasteiger partial charge in [-0.05, 0) is 31.0 Å². The van der Waals surface area contributed by atoms with E-state index in [-0.39, 0.29) is 6.04 Å². The average molecular weight is 327 g/mol. The van der Waals surface area contributed by atoms with Gasteiger partial charge in [-0.25, -0.2) is 13.1 Å². The maximum absolute atomic E-state index is 12.5. The van der Waals surface area contributed by atoms with E-state index in [1.54, 1.807) is 23.6 Å². The second kappa shape index (κ2) is 6.74. The molecule has 1 unspecified atom stereocenters. The first-order valence-electron chi connectivity index (χ1n) is 6.83. The van der Waals surface area contributed by atoms with E-state index in [1.165, 1.54) is 0 Å². The van der Waals surface area contributed by atoms with E-state index in [0.717, 1.165) is 17.0 Å². The lowest BCUT2D eigenvalue weighted by Gasteiger charge is -2.14. The molecule has 0 bridgehead atoms. The molecule has 2 N–H and O–H groups in total. The van der Waals surface area contributed by atoms with Crippen molar-refractivity contribution in [2.45, 2.75) is 30.8 Å². The highest BCUT2D eigenvalue weighted by Gasteiger charge is 2.22. The van der Waals surface area contributed by atoms with Crippen molar-refractivity contribution in [1.29, 1.82) is 0 Å². The lowest BCUT2D eigenvalue weighted by Crippen LogP contribution is -2.27. The largest absolute Gasteiger partial charge is 0.352 e. The monoisotopic (exact) mass is 327 g/mol. The lowest BCUT2D eigenvalue weighted by molar-refractivity contribution is 0.553. The van der Waals surface area contributed by atoms with E-state index >= 15 is 0 Å². The molecule has 0 aliphatic carbocycles. The van der Waals surface area contributed by atoms with Gasteiger partial charge in [-0.15, -0.1) is 11.3 Å². The molecule has 2 heterocycles. The van der Waals surface area contributed by atoms with Crippen LogP contribution < -0.4 is 10.0 Å². The van der Waals surface area contributed by atoms with Crippen molar-refractivity contribution in [3.63, 3.8) is 0 Å². The smallest absolute Gasteiger partial charge is 0.242 e. The third-order valence-electron chi connectivity index (χ3n) is 3.34. The SMILES string of the molecule is CCC(NS(=O)(=O)c1cc(CNC)n(C)c1)c1cccs1. The molecule has 0 radical (unpaired) electrons. The van der Waals surface area contributed by atoms with E-state index < -0.39 is 10.0 Å². The molecule has 0 aromatic carbocycles. The second-order valence-electron chi connectivity index (χ2n) is 4.91. The number of aromatic nitrogens is 1. The number of nitrogens with zero attached hydrogens (tertiary/aromatic N) is 1. The van der Waals surface area contributed by atoms with Crippen LogP contribution in [0.15, 0.2) is 34.7 Å². The van der Waals surface area contributed by atoms with Gasteiger partial charge in [0.1, 0.15) is 0 Å². The van der Waals surface area contributed by atoms with Gasteiger partial charge in [0.25, 0.3) is 0 Å². The van der Waals surface area contributed by atoms with Crippen LogP contribution in [0.2, 0.25) is 0 Å². The maximum Gasteiger partial charge on any atom is 0.242 e. The maximum atomic E-state index is 12.5. The molecule has 2 aromatic rings. The third kappa shape index (κ3) is 3.74. The molecule has 0 aliphatic heterocycles. The van der Waals surface area contributed by atoms with Crippen LogP contribution in [0.5, 0.6) is 0 Å². The topological polar surface area (TPSA) is 63.1 Å². The number of aryl methyl sites for hydroxylation is 1. The van der Waals surface area contributed by atoms with Gasteiger partial charge in [0, 0.05) is 30.4 Å². The molecule has 0 amide bonds. The summed E-state index contributed by atoms with van der Waals surface area (Å²) in [5.74, 6) is 0. The van der Waals surface area contributed by atoms with Crippen molar-refractivity contribution >= 4 is 21.4 Å². The number of nitrogens with one attached hydrogen (secondary N) is 2. The van der Waals surface area contributed by atoms with E-state index in [4.69, 9.17) is 0 Å². The molecule has 21 heavy (non-hydrogen) atoms. The van der Waals surface area contributed by atoms with Crippen LogP contribution in [-0.2, 0) is 23.6 Å². The number of rotatable bonds is 7. The number of thiophene rings is 1. The predicted molar refractivity (Wildman–Crippen MR) is 85.8 cm³/mol. The molecular formula is C14H21N3O2S2. The molecule has 0 fully saturated rings. The van der Waals surface area contributed by atoms with Gasteiger partial charge >= 0.3 is 0 Å². The van der Waals surface area contributed by atoms with E-state index in [2.05, 4.69) is 10.0 Å². The first-order chi connectivity index (χ1) is 9.97. The molecule has 2 rings (SSSR count). The summed E-state index contributed by atoms with van der Waals surface area (Å²) in [6.45, 7) is 2.61. The fourth-order valence-electron chi connectivity index (χ4n) is 2.17. The summed E-state index contributed by atoms with van der Waals surface area (Å²) in [6, 6.07) is 5.42. The molecule has 0 saturated carbocycles. The Bertz CT molecular complexity index is 675. The Balaban J connectivity index is 2.23. The van der Waals surface area contributed by atoms with Gasteiger partial charge in [-0.2, -0.15) is 0 Å². The van der Waals surface area contributed by atoms with Gasteiger partial charge in [-0.1, -0.05) is 13.0 Å². The first kappa shape index (κ1) is 16.2. The Morgan fingerprint density at radius 1 is 1.43 bits per heavy atom. The van der Waals surface area contributed by atoms with E-state index in [1.807, 2.05) is 43.1 Å². The Morgan fingerprint density at radius 2 is 2.19 bits per heavy atom. The molecule has 2 aromatic heterocycles.